The molecule has 27 heavy (non-hydrogen) atoms. The standard InChI is InChI=1S/C17H24N4O5S/c1-17(2,23)16(22)21-8-4-5-11(9-21)10-26-13-7-3-6-12-14(13)15(18)20-27(24,25)19-12/h3,6-7,11,19,23H,4-5,8-10H2,1-2H3,(H2,18,20)/t11-/m0/s1. The van der Waals surface area contributed by atoms with Crippen molar-refractivity contribution in [1.82, 2.24) is 4.90 Å². The third-order valence-corrected chi connectivity index (χ3v) is 5.46. The lowest BCUT2D eigenvalue weighted by molar-refractivity contribution is -0.149. The van der Waals surface area contributed by atoms with Crippen molar-refractivity contribution >= 4 is 27.6 Å². The zero-order chi connectivity index (χ0) is 19.8. The Morgan fingerprint density at radius 1 is 1.48 bits per heavy atom. The van der Waals surface area contributed by atoms with Gasteiger partial charge in [-0.1, -0.05) is 6.07 Å². The molecule has 0 unspecified atom stereocenters. The summed E-state index contributed by atoms with van der Waals surface area (Å²) in [5, 5.41) is 9.93. The van der Waals surface area contributed by atoms with Crippen LogP contribution in [0.5, 0.6) is 5.75 Å². The van der Waals surface area contributed by atoms with Crippen LogP contribution in [-0.4, -0.2) is 55.5 Å². The van der Waals surface area contributed by atoms with Crippen LogP contribution in [-0.2, 0) is 15.0 Å². The molecule has 4 N–H and O–H groups in total. The largest absolute Gasteiger partial charge is 0.492 e. The average Bonchev–Trinajstić information content (AvgIpc) is 2.57. The summed E-state index contributed by atoms with van der Waals surface area (Å²) in [6.07, 6.45) is 1.72. The van der Waals surface area contributed by atoms with Crippen LogP contribution in [0.25, 0.3) is 0 Å². The van der Waals surface area contributed by atoms with Crippen LogP contribution in [0.4, 0.5) is 5.69 Å². The van der Waals surface area contributed by atoms with Gasteiger partial charge in [-0.25, -0.2) is 0 Å². The molecule has 1 saturated heterocycles. The van der Waals surface area contributed by atoms with Crippen LogP contribution < -0.4 is 15.2 Å². The Kier molecular flexibility index (Phi) is 5.04. The van der Waals surface area contributed by atoms with Crippen LogP contribution in [0.2, 0.25) is 0 Å². The highest BCUT2D eigenvalue weighted by atomic mass is 32.2. The van der Waals surface area contributed by atoms with E-state index < -0.39 is 15.8 Å². The van der Waals surface area contributed by atoms with E-state index in [2.05, 4.69) is 9.12 Å². The van der Waals surface area contributed by atoms with Gasteiger partial charge < -0.3 is 20.5 Å². The number of hydrogen-bond acceptors (Lipinski definition) is 6. The number of nitrogens with one attached hydrogen (secondary N) is 1. The molecule has 1 aromatic rings. The predicted molar refractivity (Wildman–Crippen MR) is 101 cm³/mol. The van der Waals surface area contributed by atoms with Crippen LogP contribution in [0.15, 0.2) is 22.6 Å². The second-order valence-corrected chi connectivity index (χ2v) is 8.70. The van der Waals surface area contributed by atoms with Gasteiger partial charge in [-0.15, -0.1) is 4.40 Å². The Bertz CT molecular complexity index is 876. The molecule has 0 aliphatic carbocycles. The first kappa shape index (κ1) is 19.4. The number of likely N-dealkylation sites (tertiary alicyclic amines) is 1. The van der Waals surface area contributed by atoms with Crippen LogP contribution in [0.3, 0.4) is 0 Å². The minimum Gasteiger partial charge on any atom is -0.492 e. The molecule has 1 aromatic carbocycles. The number of piperidine rings is 1. The molecule has 0 saturated carbocycles. The van der Waals surface area contributed by atoms with E-state index in [1.54, 1.807) is 23.1 Å². The number of amides is 1. The zero-order valence-electron chi connectivity index (χ0n) is 15.3. The van der Waals surface area contributed by atoms with E-state index in [9.17, 15) is 18.3 Å². The van der Waals surface area contributed by atoms with Crippen molar-refractivity contribution in [3.05, 3.63) is 23.8 Å². The van der Waals surface area contributed by atoms with Crippen molar-refractivity contribution < 1.29 is 23.1 Å². The van der Waals surface area contributed by atoms with Gasteiger partial charge in [0.05, 0.1) is 17.9 Å². The van der Waals surface area contributed by atoms with E-state index in [4.69, 9.17) is 10.5 Å². The van der Waals surface area contributed by atoms with E-state index in [0.717, 1.165) is 12.8 Å². The molecule has 0 radical (unpaired) electrons. The Morgan fingerprint density at radius 2 is 2.22 bits per heavy atom. The number of fused-ring (bicyclic) bond motifs is 1. The monoisotopic (exact) mass is 396 g/mol. The first-order chi connectivity index (χ1) is 12.6. The molecule has 2 aliphatic rings. The lowest BCUT2D eigenvalue weighted by atomic mass is 9.97. The number of aliphatic hydroxyl groups is 1. The summed E-state index contributed by atoms with van der Waals surface area (Å²) < 4.78 is 35.0. The van der Waals surface area contributed by atoms with Crippen molar-refractivity contribution in [2.24, 2.45) is 16.0 Å². The molecule has 3 rings (SSSR count). The molecule has 2 heterocycles. The Labute approximate surface area is 158 Å². The van der Waals surface area contributed by atoms with E-state index in [-0.39, 0.29) is 17.7 Å². The SMILES string of the molecule is CC(C)(O)C(=O)N1CCC[C@H](COc2cccc3c2C(N)=NS(=O)(=O)N3)C1. The fourth-order valence-corrected chi connectivity index (χ4v) is 4.16. The summed E-state index contributed by atoms with van der Waals surface area (Å²) in [5.41, 5.74) is 5.14. The smallest absolute Gasteiger partial charge is 0.344 e. The number of amidine groups is 1. The quantitative estimate of drug-likeness (QED) is 0.676. The maximum absolute atomic E-state index is 12.3. The molecule has 1 amide bonds. The Balaban J connectivity index is 1.71. The van der Waals surface area contributed by atoms with Crippen LogP contribution in [0, 0.1) is 5.92 Å². The summed E-state index contributed by atoms with van der Waals surface area (Å²) >= 11 is 0. The molecule has 2 aliphatic heterocycles. The number of ether oxygens (including phenoxy) is 1. The van der Waals surface area contributed by atoms with Gasteiger partial charge >= 0.3 is 10.2 Å². The highest BCUT2D eigenvalue weighted by molar-refractivity contribution is 7.91. The average molecular weight is 396 g/mol. The van der Waals surface area contributed by atoms with Crippen LogP contribution >= 0.6 is 0 Å². The summed E-state index contributed by atoms with van der Waals surface area (Å²) in [7, 11) is -3.84. The molecule has 0 spiro atoms. The first-order valence-electron chi connectivity index (χ1n) is 8.73. The molecule has 9 nitrogen and oxygen atoms in total. The lowest BCUT2D eigenvalue weighted by Gasteiger charge is -2.35. The van der Waals surface area contributed by atoms with Gasteiger partial charge in [0.1, 0.15) is 11.4 Å². The minimum atomic E-state index is -3.84. The summed E-state index contributed by atoms with van der Waals surface area (Å²) in [6, 6.07) is 4.95. The number of rotatable bonds is 4. The number of hydrogen-bond donors (Lipinski definition) is 3. The summed E-state index contributed by atoms with van der Waals surface area (Å²) in [4.78, 5) is 13.9. The zero-order valence-corrected chi connectivity index (χ0v) is 16.1. The Hall–Kier alpha value is -2.33. The molecule has 0 bridgehead atoms. The van der Waals surface area contributed by atoms with Crippen molar-refractivity contribution in [3.63, 3.8) is 0 Å². The molecular weight excluding hydrogens is 372 g/mol. The van der Waals surface area contributed by atoms with Crippen molar-refractivity contribution in [2.45, 2.75) is 32.3 Å². The molecule has 10 heteroatoms. The molecular formula is C17H24N4O5S. The normalized spacial score (nSPS) is 21.7. The van der Waals surface area contributed by atoms with Gasteiger partial charge in [-0.2, -0.15) is 8.42 Å². The van der Waals surface area contributed by atoms with Gasteiger partial charge in [0.15, 0.2) is 5.84 Å². The fourth-order valence-electron chi connectivity index (χ4n) is 3.32. The number of nitrogens with zero attached hydrogens (tertiary/aromatic N) is 2. The van der Waals surface area contributed by atoms with Crippen molar-refractivity contribution in [2.75, 3.05) is 24.4 Å². The van der Waals surface area contributed by atoms with Gasteiger partial charge in [0.25, 0.3) is 5.91 Å². The van der Waals surface area contributed by atoms with Gasteiger partial charge in [0, 0.05) is 19.0 Å². The first-order valence-corrected chi connectivity index (χ1v) is 10.2. The van der Waals surface area contributed by atoms with Crippen LogP contribution in [0.1, 0.15) is 32.3 Å². The van der Waals surface area contributed by atoms with Gasteiger partial charge in [0.2, 0.25) is 0 Å². The second-order valence-electron chi connectivity index (χ2n) is 7.36. The summed E-state index contributed by atoms with van der Waals surface area (Å²) in [5.74, 6) is 0.110. The topological polar surface area (TPSA) is 134 Å². The van der Waals surface area contributed by atoms with Crippen molar-refractivity contribution in [1.29, 1.82) is 0 Å². The van der Waals surface area contributed by atoms with E-state index >= 15 is 0 Å². The number of benzene rings is 1. The second kappa shape index (κ2) is 7.01. The highest BCUT2D eigenvalue weighted by Gasteiger charge is 2.33. The Morgan fingerprint density at radius 3 is 2.93 bits per heavy atom. The molecule has 0 aromatic heterocycles. The maximum atomic E-state index is 12.3. The van der Waals surface area contributed by atoms with Crippen molar-refractivity contribution in [3.8, 4) is 5.75 Å². The minimum absolute atomic E-state index is 0.0966. The fraction of sp³-hybridized carbons (Fsp3) is 0.529. The molecule has 1 fully saturated rings. The van der Waals surface area contributed by atoms with Gasteiger partial charge in [-0.05, 0) is 38.8 Å². The van der Waals surface area contributed by atoms with E-state index in [1.165, 1.54) is 13.8 Å². The third kappa shape index (κ3) is 4.33. The van der Waals surface area contributed by atoms with E-state index in [1.807, 2.05) is 0 Å². The molecule has 148 valence electrons. The summed E-state index contributed by atoms with van der Waals surface area (Å²) in [6.45, 7) is 4.41. The number of carbonyl (C=O) groups excluding carboxylic acids is 1. The number of carbonyl (C=O) groups is 1. The third-order valence-electron chi connectivity index (χ3n) is 4.54. The maximum Gasteiger partial charge on any atom is 0.344 e. The lowest BCUT2D eigenvalue weighted by Crippen LogP contribution is -2.49. The molecule has 1 atom stereocenters. The van der Waals surface area contributed by atoms with E-state index in [0.29, 0.717) is 36.7 Å². The highest BCUT2D eigenvalue weighted by Crippen LogP contribution is 2.31. The predicted octanol–water partition coefficient (Wildman–Crippen LogP) is 0.451. The number of anilines is 1. The number of nitrogens with two attached hydrogens (primary N) is 1. The van der Waals surface area contributed by atoms with Gasteiger partial charge in [-0.3, -0.25) is 9.52 Å².